The van der Waals surface area contributed by atoms with Crippen LogP contribution >= 0.6 is 0 Å². The van der Waals surface area contributed by atoms with Crippen molar-refractivity contribution in [1.29, 1.82) is 0 Å². The summed E-state index contributed by atoms with van der Waals surface area (Å²) in [6.07, 6.45) is 0. The molecule has 0 saturated heterocycles. The predicted octanol–water partition coefficient (Wildman–Crippen LogP) is 18.9. The topological polar surface area (TPSA) is 13.1 Å². The maximum absolute atomic E-state index is 2.62. The van der Waals surface area contributed by atoms with Crippen molar-refractivity contribution in [1.82, 2.24) is 9.13 Å². The molecule has 0 amide bonds. The molecule has 0 bridgehead atoms. The molecule has 0 saturated carbocycles. The van der Waals surface area contributed by atoms with Crippen molar-refractivity contribution in [2.24, 2.45) is 0 Å². The molecule has 73 heavy (non-hydrogen) atoms. The Hall–Kier alpha value is -8.92. The average Bonchev–Trinajstić information content (AvgIpc) is 4.02. The number of hydrogen-bond donors (Lipinski definition) is 0. The third-order valence-electron chi connectivity index (χ3n) is 17.2. The number of fused-ring (bicyclic) bond motifs is 18. The van der Waals surface area contributed by atoms with Crippen molar-refractivity contribution in [3.8, 4) is 22.5 Å². The molecule has 3 heteroatoms. The van der Waals surface area contributed by atoms with Crippen molar-refractivity contribution < 1.29 is 0 Å². The summed E-state index contributed by atoms with van der Waals surface area (Å²) in [6, 6.07) is 84.9. The van der Waals surface area contributed by atoms with Gasteiger partial charge >= 0.3 is 0 Å². The first-order valence-corrected chi connectivity index (χ1v) is 25.8. The van der Waals surface area contributed by atoms with E-state index in [0.29, 0.717) is 0 Å². The molecule has 3 nitrogen and oxygen atoms in total. The van der Waals surface area contributed by atoms with Gasteiger partial charge in [0.25, 0.3) is 0 Å². The molecule has 0 N–H and O–H groups in total. The van der Waals surface area contributed by atoms with Crippen molar-refractivity contribution in [3.05, 3.63) is 247 Å². The highest BCUT2D eigenvalue weighted by Crippen LogP contribution is 2.59. The van der Waals surface area contributed by atoms with E-state index in [-0.39, 0.29) is 10.8 Å². The Kier molecular flexibility index (Phi) is 8.02. The van der Waals surface area contributed by atoms with Crippen LogP contribution in [-0.4, -0.2) is 9.13 Å². The maximum atomic E-state index is 2.62. The molecule has 1 aliphatic carbocycles. The van der Waals surface area contributed by atoms with Crippen LogP contribution in [0.1, 0.15) is 49.9 Å². The SMILES string of the molecule is CC1(C)c2cc3c(cc2-c2cc4c5ccccc5c5ccccc5c4cc21)C(C)(C)c1cc2ccccc2cc1N3c1cc(-n2c3ccccc3c3ccccc32)cc(-n2c3ccccc3c3ccccc32)c1. The first-order valence-electron chi connectivity index (χ1n) is 25.8. The molecule has 0 unspecified atom stereocenters. The van der Waals surface area contributed by atoms with Gasteiger partial charge in [0.2, 0.25) is 0 Å². The van der Waals surface area contributed by atoms with Crippen molar-refractivity contribution in [2.45, 2.75) is 38.5 Å². The zero-order valence-electron chi connectivity index (χ0n) is 41.2. The van der Waals surface area contributed by atoms with Gasteiger partial charge in [-0.05, 0) is 155 Å². The lowest BCUT2D eigenvalue weighted by molar-refractivity contribution is 0.628. The van der Waals surface area contributed by atoms with Crippen LogP contribution in [-0.2, 0) is 10.8 Å². The lowest BCUT2D eigenvalue weighted by Crippen LogP contribution is -2.31. The zero-order valence-corrected chi connectivity index (χ0v) is 41.2. The van der Waals surface area contributed by atoms with Crippen LogP contribution in [0.25, 0.3) is 109 Å². The second-order valence-electron chi connectivity index (χ2n) is 21.7. The lowest BCUT2D eigenvalue weighted by atomic mass is 9.71. The van der Waals surface area contributed by atoms with E-state index < -0.39 is 0 Å². The highest BCUT2D eigenvalue weighted by molar-refractivity contribution is 6.26. The molecule has 0 spiro atoms. The molecular formula is C70H49N3. The van der Waals surface area contributed by atoms with Crippen LogP contribution < -0.4 is 4.90 Å². The summed E-state index contributed by atoms with van der Waals surface area (Å²) in [6.45, 7) is 9.79. The van der Waals surface area contributed by atoms with Gasteiger partial charge in [-0.2, -0.15) is 0 Å². The molecule has 1 aliphatic heterocycles. The number of hydrogen-bond acceptors (Lipinski definition) is 1. The number of nitrogens with zero attached hydrogens (tertiary/aromatic N) is 3. The summed E-state index contributed by atoms with van der Waals surface area (Å²) < 4.78 is 4.98. The Labute approximate surface area is 423 Å². The van der Waals surface area contributed by atoms with Gasteiger partial charge in [-0.15, -0.1) is 0 Å². The first-order chi connectivity index (χ1) is 35.7. The normalized spacial score (nSPS) is 14.5. The standard InChI is InChI=1S/C70H49N3/c1-69(2)59-39-56-50-24-10-8-22-48(50)47-21-7-9-23-49(47)55(56)38-57(59)58-40-62-68(41-60(58)69)73(67-34-43-20-6-5-19-42(43)33-61(67)70(62,3)4)46-36-44(71-63-29-15-11-25-51(63)52-26-12-16-30-64(52)71)35-45(37-46)72-65-31-17-13-27-53(65)54-28-14-18-32-66(54)72/h5-41H,1-4H3. The van der Waals surface area contributed by atoms with E-state index in [1.807, 2.05) is 0 Å². The monoisotopic (exact) mass is 931 g/mol. The van der Waals surface area contributed by atoms with E-state index in [1.54, 1.807) is 0 Å². The zero-order chi connectivity index (χ0) is 48.5. The fourth-order valence-electron chi connectivity index (χ4n) is 13.7. The second kappa shape index (κ2) is 14.4. The van der Waals surface area contributed by atoms with Gasteiger partial charge in [-0.3, -0.25) is 0 Å². The molecule has 14 aromatic rings. The fraction of sp³-hybridized carbons (Fsp3) is 0.0857. The molecule has 12 aromatic carbocycles. The fourth-order valence-corrected chi connectivity index (χ4v) is 13.7. The van der Waals surface area contributed by atoms with Crippen molar-refractivity contribution in [3.63, 3.8) is 0 Å². The van der Waals surface area contributed by atoms with Gasteiger partial charge in [0.15, 0.2) is 0 Å². The molecular weight excluding hydrogens is 883 g/mol. The number of aromatic nitrogens is 2. The summed E-state index contributed by atoms with van der Waals surface area (Å²) in [5, 5.41) is 15.3. The quantitative estimate of drug-likeness (QED) is 0.161. The van der Waals surface area contributed by atoms with Gasteiger partial charge < -0.3 is 14.0 Å². The third-order valence-corrected chi connectivity index (χ3v) is 17.2. The van der Waals surface area contributed by atoms with Crippen molar-refractivity contribution in [2.75, 3.05) is 4.90 Å². The van der Waals surface area contributed by atoms with Gasteiger partial charge in [0.1, 0.15) is 0 Å². The Morgan fingerprint density at radius 3 is 1.11 bits per heavy atom. The molecule has 3 heterocycles. The Balaban J connectivity index is 1.02. The summed E-state index contributed by atoms with van der Waals surface area (Å²) >= 11 is 0. The Morgan fingerprint density at radius 2 is 0.603 bits per heavy atom. The van der Waals surface area contributed by atoms with Crippen LogP contribution in [0.3, 0.4) is 0 Å². The Morgan fingerprint density at radius 1 is 0.260 bits per heavy atom. The smallest absolute Gasteiger partial charge is 0.0541 e. The van der Waals surface area contributed by atoms with Gasteiger partial charge in [-0.25, -0.2) is 0 Å². The van der Waals surface area contributed by atoms with Gasteiger partial charge in [-0.1, -0.05) is 173 Å². The van der Waals surface area contributed by atoms with Gasteiger partial charge in [0.05, 0.1) is 50.5 Å². The minimum Gasteiger partial charge on any atom is -0.310 e. The van der Waals surface area contributed by atoms with Crippen LogP contribution in [0, 0.1) is 0 Å². The van der Waals surface area contributed by atoms with E-state index >= 15 is 0 Å². The number of rotatable bonds is 3. The second-order valence-corrected chi connectivity index (χ2v) is 21.7. The number of para-hydroxylation sites is 4. The molecule has 344 valence electrons. The van der Waals surface area contributed by atoms with E-state index in [9.17, 15) is 0 Å². The number of benzene rings is 12. The summed E-state index contributed by atoms with van der Waals surface area (Å²) in [7, 11) is 0. The lowest BCUT2D eigenvalue weighted by Gasteiger charge is -2.43. The highest BCUT2D eigenvalue weighted by Gasteiger charge is 2.43. The molecule has 2 aliphatic rings. The molecule has 0 atom stereocenters. The van der Waals surface area contributed by atoms with E-state index in [2.05, 4.69) is 266 Å². The van der Waals surface area contributed by atoms with Crippen LogP contribution in [0.15, 0.2) is 224 Å². The molecule has 0 fully saturated rings. The minimum atomic E-state index is -0.340. The van der Waals surface area contributed by atoms with Crippen LogP contribution in [0.2, 0.25) is 0 Å². The van der Waals surface area contributed by atoms with Crippen LogP contribution in [0.4, 0.5) is 17.1 Å². The van der Waals surface area contributed by atoms with Crippen LogP contribution in [0.5, 0.6) is 0 Å². The number of anilines is 3. The molecule has 2 aromatic heterocycles. The first kappa shape index (κ1) is 40.8. The maximum Gasteiger partial charge on any atom is 0.0541 e. The van der Waals surface area contributed by atoms with Gasteiger partial charge in [0, 0.05) is 32.4 Å². The minimum absolute atomic E-state index is 0.279. The summed E-state index contributed by atoms with van der Waals surface area (Å²) in [5.74, 6) is 0. The van der Waals surface area contributed by atoms with E-state index in [0.717, 1.165) is 17.1 Å². The largest absolute Gasteiger partial charge is 0.310 e. The average molecular weight is 932 g/mol. The molecule has 16 rings (SSSR count). The predicted molar refractivity (Wildman–Crippen MR) is 310 cm³/mol. The van der Waals surface area contributed by atoms with E-state index in [4.69, 9.17) is 0 Å². The highest BCUT2D eigenvalue weighted by atomic mass is 15.2. The third kappa shape index (κ3) is 5.44. The summed E-state index contributed by atoms with van der Waals surface area (Å²) in [4.78, 5) is 2.62. The Bertz CT molecular complexity index is 4510. The van der Waals surface area contributed by atoms with E-state index in [1.165, 1.54) is 131 Å². The molecule has 0 radical (unpaired) electrons. The van der Waals surface area contributed by atoms with Crippen molar-refractivity contribution >= 4 is 104 Å². The summed E-state index contributed by atoms with van der Waals surface area (Å²) in [5.41, 5.74) is 17.9.